The molecule has 1 rings (SSSR count). The van der Waals surface area contributed by atoms with E-state index in [0.717, 1.165) is 18.5 Å². The first-order valence-corrected chi connectivity index (χ1v) is 5.24. The molecular weight excluding hydrogens is 192 g/mol. The quantitative estimate of drug-likeness (QED) is 0.635. The molecule has 0 aliphatic heterocycles. The van der Waals surface area contributed by atoms with Crippen molar-refractivity contribution in [2.45, 2.75) is 26.3 Å². The van der Waals surface area contributed by atoms with Crippen molar-refractivity contribution in [2.24, 2.45) is 11.7 Å². The zero-order valence-corrected chi connectivity index (χ0v) is 8.99. The molecule has 5 nitrogen and oxygen atoms in total. The second kappa shape index (κ2) is 6.19. The van der Waals surface area contributed by atoms with Crippen LogP contribution >= 0.6 is 0 Å². The maximum atomic E-state index is 11.6. The van der Waals surface area contributed by atoms with Crippen LogP contribution < -0.4 is 11.1 Å². The van der Waals surface area contributed by atoms with E-state index in [4.69, 9.17) is 5.73 Å². The molecule has 1 aromatic rings. The maximum Gasteiger partial charge on any atom is 0.224 e. The highest BCUT2D eigenvalue weighted by atomic mass is 16.1. The topological polar surface area (TPSA) is 83.8 Å². The average Bonchev–Trinajstić information content (AvgIpc) is 2.75. The van der Waals surface area contributed by atoms with Crippen LogP contribution in [-0.4, -0.2) is 22.6 Å². The van der Waals surface area contributed by atoms with Gasteiger partial charge < -0.3 is 11.1 Å². The molecule has 4 N–H and O–H groups in total. The smallest absolute Gasteiger partial charge is 0.224 e. The number of carbonyl (C=O) groups is 1. The third kappa shape index (κ3) is 3.71. The Bertz CT molecular complexity index is 284. The molecule has 1 amide bonds. The Morgan fingerprint density at radius 1 is 1.73 bits per heavy atom. The summed E-state index contributed by atoms with van der Waals surface area (Å²) in [5.41, 5.74) is 6.43. The van der Waals surface area contributed by atoms with Crippen molar-refractivity contribution < 1.29 is 4.79 Å². The van der Waals surface area contributed by atoms with E-state index < -0.39 is 0 Å². The van der Waals surface area contributed by atoms with Crippen LogP contribution in [0.5, 0.6) is 0 Å². The number of aromatic nitrogens is 2. The number of aromatic amines is 1. The Morgan fingerprint density at radius 2 is 2.53 bits per heavy atom. The molecule has 0 saturated heterocycles. The standard InChI is InChI=1S/C10H18N4O/c1-2-3-8(6-11)10(15)12-7-9-4-5-13-14-9/h4-5,8H,2-3,6-7,11H2,1H3,(H,12,15)(H,13,14). The van der Waals surface area contributed by atoms with Gasteiger partial charge in [0, 0.05) is 12.7 Å². The molecule has 15 heavy (non-hydrogen) atoms. The van der Waals surface area contributed by atoms with Crippen molar-refractivity contribution >= 4 is 5.91 Å². The van der Waals surface area contributed by atoms with Crippen molar-refractivity contribution in [3.05, 3.63) is 18.0 Å². The van der Waals surface area contributed by atoms with Gasteiger partial charge in [-0.15, -0.1) is 0 Å². The molecule has 5 heteroatoms. The van der Waals surface area contributed by atoms with Gasteiger partial charge in [-0.3, -0.25) is 9.89 Å². The molecule has 0 saturated carbocycles. The van der Waals surface area contributed by atoms with Gasteiger partial charge in [-0.1, -0.05) is 13.3 Å². The lowest BCUT2D eigenvalue weighted by Crippen LogP contribution is -2.34. The van der Waals surface area contributed by atoms with E-state index in [0.29, 0.717) is 13.1 Å². The Kier molecular flexibility index (Phi) is 4.83. The van der Waals surface area contributed by atoms with Gasteiger partial charge in [-0.25, -0.2) is 0 Å². The van der Waals surface area contributed by atoms with Gasteiger partial charge in [0.1, 0.15) is 0 Å². The van der Waals surface area contributed by atoms with Crippen molar-refractivity contribution in [2.75, 3.05) is 6.54 Å². The second-order valence-corrected chi connectivity index (χ2v) is 3.52. The van der Waals surface area contributed by atoms with Gasteiger partial charge in [-0.2, -0.15) is 5.10 Å². The van der Waals surface area contributed by atoms with Gasteiger partial charge >= 0.3 is 0 Å². The van der Waals surface area contributed by atoms with Crippen LogP contribution in [0.4, 0.5) is 0 Å². The molecule has 0 spiro atoms. The summed E-state index contributed by atoms with van der Waals surface area (Å²) in [4.78, 5) is 11.6. The molecule has 0 aliphatic rings. The SMILES string of the molecule is CCCC(CN)C(=O)NCc1ccn[nH]1. The Balaban J connectivity index is 2.34. The van der Waals surface area contributed by atoms with E-state index in [-0.39, 0.29) is 11.8 Å². The zero-order valence-electron chi connectivity index (χ0n) is 8.99. The zero-order chi connectivity index (χ0) is 11.1. The average molecular weight is 210 g/mol. The number of carbonyl (C=O) groups excluding carboxylic acids is 1. The third-order valence-electron chi connectivity index (χ3n) is 2.30. The van der Waals surface area contributed by atoms with Gasteiger partial charge in [0.05, 0.1) is 18.2 Å². The minimum atomic E-state index is -0.0714. The van der Waals surface area contributed by atoms with E-state index in [1.165, 1.54) is 0 Å². The lowest BCUT2D eigenvalue weighted by Gasteiger charge is -2.13. The molecular formula is C10H18N4O. The molecule has 0 fully saturated rings. The molecule has 1 atom stereocenters. The molecule has 1 aromatic heterocycles. The van der Waals surface area contributed by atoms with E-state index in [1.807, 2.05) is 13.0 Å². The van der Waals surface area contributed by atoms with Crippen LogP contribution in [0.15, 0.2) is 12.3 Å². The summed E-state index contributed by atoms with van der Waals surface area (Å²) in [7, 11) is 0. The Labute approximate surface area is 89.4 Å². The van der Waals surface area contributed by atoms with Crippen LogP contribution in [0.3, 0.4) is 0 Å². The number of H-pyrrole nitrogens is 1. The highest BCUT2D eigenvalue weighted by Gasteiger charge is 2.14. The van der Waals surface area contributed by atoms with Gasteiger partial charge in [-0.05, 0) is 12.5 Å². The van der Waals surface area contributed by atoms with E-state index >= 15 is 0 Å². The van der Waals surface area contributed by atoms with Gasteiger partial charge in [0.2, 0.25) is 5.91 Å². The van der Waals surface area contributed by atoms with Crippen LogP contribution in [-0.2, 0) is 11.3 Å². The molecule has 84 valence electrons. The Hall–Kier alpha value is -1.36. The first-order valence-electron chi connectivity index (χ1n) is 5.24. The van der Waals surface area contributed by atoms with Crippen LogP contribution in [0.1, 0.15) is 25.5 Å². The highest BCUT2D eigenvalue weighted by Crippen LogP contribution is 2.04. The van der Waals surface area contributed by atoms with Crippen molar-refractivity contribution in [1.82, 2.24) is 15.5 Å². The van der Waals surface area contributed by atoms with Crippen LogP contribution in [0, 0.1) is 5.92 Å². The van der Waals surface area contributed by atoms with Crippen LogP contribution in [0.2, 0.25) is 0 Å². The fourth-order valence-corrected chi connectivity index (χ4v) is 1.41. The minimum Gasteiger partial charge on any atom is -0.350 e. The third-order valence-corrected chi connectivity index (χ3v) is 2.30. The van der Waals surface area contributed by atoms with Crippen molar-refractivity contribution in [1.29, 1.82) is 0 Å². The monoisotopic (exact) mass is 210 g/mol. The minimum absolute atomic E-state index is 0.0222. The number of hydrogen-bond acceptors (Lipinski definition) is 3. The molecule has 1 heterocycles. The predicted octanol–water partition coefficient (Wildman–Crippen LogP) is 0.401. The van der Waals surface area contributed by atoms with E-state index in [1.54, 1.807) is 6.20 Å². The summed E-state index contributed by atoms with van der Waals surface area (Å²) in [6, 6.07) is 1.83. The predicted molar refractivity (Wildman–Crippen MR) is 57.9 cm³/mol. The normalized spacial score (nSPS) is 12.4. The molecule has 0 bridgehead atoms. The summed E-state index contributed by atoms with van der Waals surface area (Å²) in [5.74, 6) is -0.0492. The highest BCUT2D eigenvalue weighted by molar-refractivity contribution is 5.78. The lowest BCUT2D eigenvalue weighted by molar-refractivity contribution is -0.125. The summed E-state index contributed by atoms with van der Waals surface area (Å²) >= 11 is 0. The van der Waals surface area contributed by atoms with Gasteiger partial charge in [0.25, 0.3) is 0 Å². The number of hydrogen-bond donors (Lipinski definition) is 3. The van der Waals surface area contributed by atoms with Crippen molar-refractivity contribution in [3.63, 3.8) is 0 Å². The number of nitrogens with two attached hydrogens (primary N) is 1. The number of nitrogens with zero attached hydrogens (tertiary/aromatic N) is 1. The number of amides is 1. The lowest BCUT2D eigenvalue weighted by atomic mass is 10.0. The van der Waals surface area contributed by atoms with Gasteiger partial charge in [0.15, 0.2) is 0 Å². The largest absolute Gasteiger partial charge is 0.350 e. The first kappa shape index (κ1) is 11.7. The summed E-state index contributed by atoms with van der Waals surface area (Å²) in [6.45, 7) is 2.94. The van der Waals surface area contributed by atoms with E-state index in [2.05, 4.69) is 15.5 Å². The number of rotatable bonds is 6. The molecule has 0 radical (unpaired) electrons. The maximum absolute atomic E-state index is 11.6. The van der Waals surface area contributed by atoms with E-state index in [9.17, 15) is 4.79 Å². The number of nitrogens with one attached hydrogen (secondary N) is 2. The summed E-state index contributed by atoms with van der Waals surface area (Å²) < 4.78 is 0. The summed E-state index contributed by atoms with van der Waals surface area (Å²) in [5, 5.41) is 9.42. The first-order chi connectivity index (χ1) is 7.27. The second-order valence-electron chi connectivity index (χ2n) is 3.52. The van der Waals surface area contributed by atoms with Crippen LogP contribution in [0.25, 0.3) is 0 Å². The fourth-order valence-electron chi connectivity index (χ4n) is 1.41. The fraction of sp³-hybridized carbons (Fsp3) is 0.600. The Morgan fingerprint density at radius 3 is 3.07 bits per heavy atom. The molecule has 1 unspecified atom stereocenters. The summed E-state index contributed by atoms with van der Waals surface area (Å²) in [6.07, 6.45) is 3.47. The molecule has 0 aromatic carbocycles. The van der Waals surface area contributed by atoms with Crippen molar-refractivity contribution in [3.8, 4) is 0 Å². The molecule has 0 aliphatic carbocycles.